The van der Waals surface area contributed by atoms with Crippen molar-refractivity contribution in [3.8, 4) is 0 Å². The molecule has 1 aliphatic heterocycles. The Hall–Kier alpha value is -3.61. The number of aromatic nitrogens is 1. The second-order valence-electron chi connectivity index (χ2n) is 7.63. The van der Waals surface area contributed by atoms with E-state index in [9.17, 15) is 14.4 Å². The Morgan fingerprint density at radius 3 is 2.60 bits per heavy atom. The molecule has 3 aromatic rings. The summed E-state index contributed by atoms with van der Waals surface area (Å²) in [6.45, 7) is 4.15. The summed E-state index contributed by atoms with van der Waals surface area (Å²) in [6, 6.07) is 14.3. The van der Waals surface area contributed by atoms with Gasteiger partial charge in [0.25, 0.3) is 5.91 Å². The lowest BCUT2D eigenvalue weighted by Gasteiger charge is -2.22. The van der Waals surface area contributed by atoms with Crippen molar-refractivity contribution in [1.29, 1.82) is 0 Å². The highest BCUT2D eigenvalue weighted by atomic mass is 16.2. The third kappa shape index (κ3) is 3.54. The van der Waals surface area contributed by atoms with Crippen molar-refractivity contribution in [1.82, 2.24) is 15.6 Å². The van der Waals surface area contributed by atoms with Crippen LogP contribution >= 0.6 is 0 Å². The van der Waals surface area contributed by atoms with Gasteiger partial charge in [0, 0.05) is 40.9 Å². The van der Waals surface area contributed by atoms with Crippen molar-refractivity contribution in [2.45, 2.75) is 32.4 Å². The van der Waals surface area contributed by atoms with E-state index >= 15 is 0 Å². The van der Waals surface area contributed by atoms with E-state index in [1.54, 1.807) is 11.0 Å². The number of para-hydroxylation sites is 2. The number of aromatic amines is 1. The summed E-state index contributed by atoms with van der Waals surface area (Å²) >= 11 is 0. The van der Waals surface area contributed by atoms with Crippen molar-refractivity contribution in [2.75, 3.05) is 11.4 Å². The highest BCUT2D eigenvalue weighted by Gasteiger charge is 2.39. The molecule has 7 nitrogen and oxygen atoms in total. The van der Waals surface area contributed by atoms with E-state index in [0.717, 1.165) is 22.2 Å². The maximum atomic E-state index is 12.8. The Morgan fingerprint density at radius 1 is 1.07 bits per heavy atom. The lowest BCUT2D eigenvalue weighted by Crippen LogP contribution is -2.45. The largest absolute Gasteiger partial charge is 0.361 e. The van der Waals surface area contributed by atoms with Crippen molar-refractivity contribution < 1.29 is 14.4 Å². The molecule has 0 saturated heterocycles. The zero-order valence-corrected chi connectivity index (χ0v) is 16.9. The van der Waals surface area contributed by atoms with Crippen molar-refractivity contribution in [2.24, 2.45) is 0 Å². The number of nitrogens with zero attached hydrogens (tertiary/aromatic N) is 1. The molecule has 0 aliphatic carbocycles. The van der Waals surface area contributed by atoms with E-state index < -0.39 is 17.9 Å². The highest BCUT2D eigenvalue weighted by Crippen LogP contribution is 2.36. The minimum absolute atomic E-state index is 0.0504. The van der Waals surface area contributed by atoms with E-state index in [2.05, 4.69) is 15.6 Å². The van der Waals surface area contributed by atoms with E-state index in [0.29, 0.717) is 18.5 Å². The number of carbonyl (C=O) groups is 3. The molecular formula is C23H24N4O3. The second kappa shape index (κ2) is 8.02. The zero-order chi connectivity index (χ0) is 21.3. The first-order chi connectivity index (χ1) is 14.5. The number of fused-ring (bicyclic) bond motifs is 2. The fourth-order valence-electron chi connectivity index (χ4n) is 3.94. The van der Waals surface area contributed by atoms with Gasteiger partial charge in [-0.2, -0.15) is 0 Å². The van der Waals surface area contributed by atoms with Crippen LogP contribution in [0.4, 0.5) is 5.69 Å². The minimum Gasteiger partial charge on any atom is -0.361 e. The van der Waals surface area contributed by atoms with Gasteiger partial charge in [0.05, 0.1) is 0 Å². The van der Waals surface area contributed by atoms with Gasteiger partial charge in [0.15, 0.2) is 0 Å². The lowest BCUT2D eigenvalue weighted by molar-refractivity contribution is -0.140. The van der Waals surface area contributed by atoms with Gasteiger partial charge in [0.2, 0.25) is 0 Å². The quantitative estimate of drug-likeness (QED) is 0.570. The number of rotatable bonds is 5. The van der Waals surface area contributed by atoms with Crippen molar-refractivity contribution in [3.05, 3.63) is 65.9 Å². The van der Waals surface area contributed by atoms with Crippen LogP contribution in [-0.4, -0.2) is 35.3 Å². The molecular weight excluding hydrogens is 380 g/mol. The van der Waals surface area contributed by atoms with Crippen molar-refractivity contribution >= 4 is 34.3 Å². The molecule has 3 amide bonds. The molecule has 2 heterocycles. The zero-order valence-electron chi connectivity index (χ0n) is 16.9. The first-order valence-corrected chi connectivity index (χ1v) is 10.0. The Kier molecular flexibility index (Phi) is 5.27. The van der Waals surface area contributed by atoms with Gasteiger partial charge in [-0.1, -0.05) is 36.4 Å². The molecule has 0 radical (unpaired) electrons. The maximum Gasteiger partial charge on any atom is 0.310 e. The topological polar surface area (TPSA) is 94.3 Å². The first kappa shape index (κ1) is 19.7. The average molecular weight is 404 g/mol. The molecule has 7 heteroatoms. The molecule has 0 bridgehead atoms. The summed E-state index contributed by atoms with van der Waals surface area (Å²) in [7, 11) is 0. The summed E-state index contributed by atoms with van der Waals surface area (Å²) in [6.07, 6.45) is 2.50. The lowest BCUT2D eigenvalue weighted by atomic mass is 10.1. The van der Waals surface area contributed by atoms with Crippen LogP contribution in [0, 0.1) is 0 Å². The summed E-state index contributed by atoms with van der Waals surface area (Å²) < 4.78 is 0. The van der Waals surface area contributed by atoms with Crippen LogP contribution in [0.25, 0.3) is 10.9 Å². The first-order valence-electron chi connectivity index (χ1n) is 10.0. The van der Waals surface area contributed by atoms with Gasteiger partial charge in [-0.25, -0.2) is 0 Å². The van der Waals surface area contributed by atoms with Crippen LogP contribution in [-0.2, 0) is 20.8 Å². The number of hydrogen-bond acceptors (Lipinski definition) is 3. The number of carbonyl (C=O) groups excluding carboxylic acids is 3. The number of amides is 3. The van der Waals surface area contributed by atoms with E-state index in [1.807, 2.05) is 62.5 Å². The smallest absolute Gasteiger partial charge is 0.310 e. The Bertz CT molecular complexity index is 1120. The van der Waals surface area contributed by atoms with Gasteiger partial charge in [-0.15, -0.1) is 0 Å². The maximum absolute atomic E-state index is 12.8. The molecule has 0 saturated carbocycles. The molecule has 1 aromatic heterocycles. The normalized spacial score (nSPS) is 15.5. The Morgan fingerprint density at radius 2 is 1.80 bits per heavy atom. The fraction of sp³-hybridized carbons (Fsp3) is 0.261. The van der Waals surface area contributed by atoms with Crippen LogP contribution in [0.1, 0.15) is 31.0 Å². The third-order valence-corrected chi connectivity index (χ3v) is 5.34. The summed E-state index contributed by atoms with van der Waals surface area (Å²) in [5.41, 5.74) is 3.57. The molecule has 3 N–H and O–H groups in total. The van der Waals surface area contributed by atoms with E-state index in [1.165, 1.54) is 0 Å². The predicted octanol–water partition coefficient (Wildman–Crippen LogP) is 2.44. The Balaban J connectivity index is 1.38. The molecule has 30 heavy (non-hydrogen) atoms. The predicted molar refractivity (Wildman–Crippen MR) is 115 cm³/mol. The van der Waals surface area contributed by atoms with Crippen molar-refractivity contribution in [3.63, 3.8) is 0 Å². The number of nitrogens with one attached hydrogen (secondary N) is 3. The second-order valence-corrected chi connectivity index (χ2v) is 7.63. The van der Waals surface area contributed by atoms with Crippen LogP contribution < -0.4 is 15.5 Å². The molecule has 0 fully saturated rings. The van der Waals surface area contributed by atoms with Crippen LogP contribution in [0.5, 0.6) is 0 Å². The van der Waals surface area contributed by atoms with Gasteiger partial charge >= 0.3 is 11.8 Å². The number of benzene rings is 2. The van der Waals surface area contributed by atoms with Gasteiger partial charge in [0.1, 0.15) is 6.04 Å². The molecule has 2 aromatic carbocycles. The summed E-state index contributed by atoms with van der Waals surface area (Å²) in [5, 5.41) is 6.33. The van der Waals surface area contributed by atoms with Crippen LogP contribution in [0.15, 0.2) is 54.7 Å². The van der Waals surface area contributed by atoms with Gasteiger partial charge < -0.3 is 20.5 Å². The van der Waals surface area contributed by atoms with Crippen LogP contribution in [0.3, 0.4) is 0 Å². The molecule has 0 unspecified atom stereocenters. The van der Waals surface area contributed by atoms with Gasteiger partial charge in [-0.3, -0.25) is 14.4 Å². The van der Waals surface area contributed by atoms with Gasteiger partial charge in [-0.05, 0) is 38.0 Å². The number of hydrogen-bond donors (Lipinski definition) is 3. The average Bonchev–Trinajstić information content (AvgIpc) is 3.27. The molecule has 4 rings (SSSR count). The molecule has 154 valence electrons. The van der Waals surface area contributed by atoms with E-state index in [-0.39, 0.29) is 11.9 Å². The third-order valence-electron chi connectivity index (χ3n) is 5.34. The standard InChI is InChI=1S/C23H24N4O3/c1-14(2)27-19-10-6-4-8-17(19)20(23(27)30)26-22(29)21(28)24-12-11-15-13-25-18-9-5-3-7-16(15)18/h3-10,13-14,20,25H,11-12H2,1-2H3,(H,24,28)(H,26,29)/t20-/m1/s1. The highest BCUT2D eigenvalue weighted by molar-refractivity contribution is 6.35. The molecule has 1 atom stereocenters. The minimum atomic E-state index is -0.851. The SMILES string of the molecule is CC(C)N1C(=O)[C@H](NC(=O)C(=O)NCCc2c[nH]c3ccccc23)c2ccccc21. The monoisotopic (exact) mass is 404 g/mol. The Labute approximate surface area is 174 Å². The fourth-order valence-corrected chi connectivity index (χ4v) is 3.94. The number of anilines is 1. The molecule has 0 spiro atoms. The number of H-pyrrole nitrogens is 1. The van der Waals surface area contributed by atoms with E-state index in [4.69, 9.17) is 0 Å². The molecule has 1 aliphatic rings. The van der Waals surface area contributed by atoms with Crippen LogP contribution in [0.2, 0.25) is 0 Å². The summed E-state index contributed by atoms with van der Waals surface area (Å²) in [5.74, 6) is -1.79. The summed E-state index contributed by atoms with van der Waals surface area (Å²) in [4.78, 5) is 42.4.